The molecule has 0 fully saturated rings. The number of methoxy groups -OCH3 is 2. The molecule has 0 aliphatic heterocycles. The van der Waals surface area contributed by atoms with Crippen molar-refractivity contribution < 1.29 is 19.4 Å². The van der Waals surface area contributed by atoms with E-state index in [-0.39, 0.29) is 23.9 Å². The van der Waals surface area contributed by atoms with Crippen LogP contribution < -0.4 is 5.73 Å². The minimum Gasteiger partial charge on any atom is -0.469 e. The number of hydrogen-bond donors (Lipinski definition) is 2. The maximum Gasteiger partial charge on any atom is 0.306 e. The summed E-state index contributed by atoms with van der Waals surface area (Å²) in [6.07, 6.45) is 0.331. The highest BCUT2D eigenvalue weighted by Gasteiger charge is 2.17. The van der Waals surface area contributed by atoms with Crippen LogP contribution in [0.1, 0.15) is 6.42 Å². The van der Waals surface area contributed by atoms with E-state index < -0.39 is 0 Å². The van der Waals surface area contributed by atoms with Crippen LogP contribution in [0.4, 0.5) is 0 Å². The molecular weight excluding hydrogens is 218 g/mol. The van der Waals surface area contributed by atoms with E-state index in [4.69, 9.17) is 15.6 Å². The number of carbonyl (C=O) groups is 1. The van der Waals surface area contributed by atoms with Gasteiger partial charge in [0.1, 0.15) is 0 Å². The summed E-state index contributed by atoms with van der Waals surface area (Å²) < 4.78 is 9.40. The second-order valence-electron chi connectivity index (χ2n) is 3.04. The van der Waals surface area contributed by atoms with Crippen LogP contribution in [0.2, 0.25) is 0 Å². The molecule has 0 spiro atoms. The second kappa shape index (κ2) is 8.96. The van der Waals surface area contributed by atoms with E-state index in [9.17, 15) is 4.79 Å². The van der Waals surface area contributed by atoms with Crippen molar-refractivity contribution in [1.29, 1.82) is 0 Å². The number of ether oxygens (including phenoxy) is 2. The zero-order chi connectivity index (χ0) is 11.7. The average Bonchev–Trinajstić information content (AvgIpc) is 2.24. The highest BCUT2D eigenvalue weighted by atomic mass is 32.2. The van der Waals surface area contributed by atoms with E-state index >= 15 is 0 Å². The summed E-state index contributed by atoms with van der Waals surface area (Å²) in [5, 5.41) is 8.97. The largest absolute Gasteiger partial charge is 0.469 e. The standard InChI is InChI=1S/C9H19NO4S/c1-13-6-7(10)8(5-11)15-4-3-9(12)14-2/h7-8,11H,3-6,10H2,1-2H3. The molecule has 90 valence electrons. The van der Waals surface area contributed by atoms with Gasteiger partial charge >= 0.3 is 5.97 Å². The number of aliphatic hydroxyl groups is 1. The first kappa shape index (κ1) is 14.7. The Morgan fingerprint density at radius 2 is 2.20 bits per heavy atom. The van der Waals surface area contributed by atoms with Gasteiger partial charge in [-0.2, -0.15) is 11.8 Å². The number of aliphatic hydroxyl groups excluding tert-OH is 1. The van der Waals surface area contributed by atoms with Crippen LogP contribution in [0.5, 0.6) is 0 Å². The van der Waals surface area contributed by atoms with Gasteiger partial charge in [-0.3, -0.25) is 4.79 Å². The van der Waals surface area contributed by atoms with Gasteiger partial charge in [-0.25, -0.2) is 0 Å². The number of nitrogens with two attached hydrogens (primary N) is 1. The van der Waals surface area contributed by atoms with Gasteiger partial charge in [0.2, 0.25) is 0 Å². The van der Waals surface area contributed by atoms with Crippen molar-refractivity contribution in [2.24, 2.45) is 5.73 Å². The molecule has 0 aliphatic carbocycles. The van der Waals surface area contributed by atoms with Crippen LogP contribution in [0.25, 0.3) is 0 Å². The van der Waals surface area contributed by atoms with Crippen LogP contribution in [0.3, 0.4) is 0 Å². The van der Waals surface area contributed by atoms with E-state index in [0.29, 0.717) is 18.8 Å². The van der Waals surface area contributed by atoms with Gasteiger partial charge in [-0.05, 0) is 0 Å². The van der Waals surface area contributed by atoms with Crippen molar-refractivity contribution >= 4 is 17.7 Å². The van der Waals surface area contributed by atoms with E-state index in [1.165, 1.54) is 18.9 Å². The SMILES string of the molecule is COCC(N)C(CO)SCCC(=O)OC. The summed E-state index contributed by atoms with van der Waals surface area (Å²) in [6.45, 7) is 0.382. The zero-order valence-corrected chi connectivity index (χ0v) is 9.96. The maximum absolute atomic E-state index is 10.8. The third kappa shape index (κ3) is 6.72. The molecule has 0 aromatic carbocycles. The van der Waals surface area contributed by atoms with Gasteiger partial charge in [0, 0.05) is 24.2 Å². The van der Waals surface area contributed by atoms with Crippen molar-refractivity contribution in [3.8, 4) is 0 Å². The summed E-state index contributed by atoms with van der Waals surface area (Å²) in [5.41, 5.74) is 5.77. The lowest BCUT2D eigenvalue weighted by atomic mass is 10.2. The molecule has 0 rings (SSSR count). The summed E-state index contributed by atoms with van der Waals surface area (Å²) in [5.74, 6) is 0.342. The van der Waals surface area contributed by atoms with Gasteiger partial charge in [-0.15, -0.1) is 0 Å². The first-order chi connectivity index (χ1) is 7.15. The fraction of sp³-hybridized carbons (Fsp3) is 0.889. The normalized spacial score (nSPS) is 14.7. The third-order valence-corrected chi connectivity index (χ3v) is 3.25. The molecule has 0 saturated carbocycles. The molecule has 0 aromatic rings. The molecule has 5 nitrogen and oxygen atoms in total. The molecule has 0 aromatic heterocycles. The molecule has 0 radical (unpaired) electrons. The molecule has 15 heavy (non-hydrogen) atoms. The van der Waals surface area contributed by atoms with Crippen molar-refractivity contribution in [2.45, 2.75) is 17.7 Å². The molecular formula is C9H19NO4S. The summed E-state index contributed by atoms with van der Waals surface area (Å²) in [6, 6.07) is -0.220. The van der Waals surface area contributed by atoms with Gasteiger partial charge in [-0.1, -0.05) is 0 Å². The zero-order valence-electron chi connectivity index (χ0n) is 9.14. The smallest absolute Gasteiger partial charge is 0.306 e. The molecule has 0 heterocycles. The third-order valence-electron chi connectivity index (χ3n) is 1.88. The van der Waals surface area contributed by atoms with E-state index in [1.807, 2.05) is 0 Å². The summed E-state index contributed by atoms with van der Waals surface area (Å²) >= 11 is 1.46. The topological polar surface area (TPSA) is 81.8 Å². The average molecular weight is 237 g/mol. The van der Waals surface area contributed by atoms with Crippen LogP contribution in [0.15, 0.2) is 0 Å². The number of rotatable bonds is 8. The Hall–Kier alpha value is -0.300. The lowest BCUT2D eigenvalue weighted by molar-refractivity contribution is -0.140. The van der Waals surface area contributed by atoms with Gasteiger partial charge in [0.25, 0.3) is 0 Å². The number of esters is 1. The van der Waals surface area contributed by atoms with Crippen molar-refractivity contribution in [3.63, 3.8) is 0 Å². The van der Waals surface area contributed by atoms with Crippen molar-refractivity contribution in [3.05, 3.63) is 0 Å². The fourth-order valence-electron chi connectivity index (χ4n) is 1.01. The quantitative estimate of drug-likeness (QED) is 0.560. The van der Waals surface area contributed by atoms with E-state index in [1.54, 1.807) is 7.11 Å². The van der Waals surface area contributed by atoms with E-state index in [2.05, 4.69) is 4.74 Å². The lowest BCUT2D eigenvalue weighted by Gasteiger charge is -2.20. The lowest BCUT2D eigenvalue weighted by Crippen LogP contribution is -2.39. The Labute approximate surface area is 94.3 Å². The van der Waals surface area contributed by atoms with Gasteiger partial charge in [0.05, 0.1) is 26.7 Å². The van der Waals surface area contributed by atoms with Gasteiger partial charge in [0.15, 0.2) is 0 Å². The molecule has 0 aliphatic rings. The second-order valence-corrected chi connectivity index (χ2v) is 4.38. The minimum atomic E-state index is -0.250. The molecule has 2 unspecified atom stereocenters. The van der Waals surface area contributed by atoms with Gasteiger partial charge < -0.3 is 20.3 Å². The van der Waals surface area contributed by atoms with E-state index in [0.717, 1.165) is 0 Å². The Morgan fingerprint density at radius 3 is 2.67 bits per heavy atom. The Balaban J connectivity index is 3.74. The predicted molar refractivity (Wildman–Crippen MR) is 59.8 cm³/mol. The first-order valence-corrected chi connectivity index (χ1v) is 5.74. The number of hydrogen-bond acceptors (Lipinski definition) is 6. The Kier molecular flexibility index (Phi) is 8.79. The number of thioether (sulfide) groups is 1. The molecule has 0 amide bonds. The first-order valence-electron chi connectivity index (χ1n) is 4.69. The maximum atomic E-state index is 10.8. The summed E-state index contributed by atoms with van der Waals surface area (Å²) in [4.78, 5) is 10.8. The Bertz CT molecular complexity index is 179. The van der Waals surface area contributed by atoms with Crippen LogP contribution >= 0.6 is 11.8 Å². The molecule has 2 atom stereocenters. The predicted octanol–water partition coefficient (Wildman–Crippen LogP) is -0.383. The van der Waals surface area contributed by atoms with Crippen molar-refractivity contribution in [2.75, 3.05) is 33.2 Å². The Morgan fingerprint density at radius 1 is 1.53 bits per heavy atom. The highest BCUT2D eigenvalue weighted by molar-refractivity contribution is 8.00. The monoisotopic (exact) mass is 237 g/mol. The molecule has 0 bridgehead atoms. The minimum absolute atomic E-state index is 0.0175. The van der Waals surface area contributed by atoms with Crippen molar-refractivity contribution in [1.82, 2.24) is 0 Å². The molecule has 6 heteroatoms. The van der Waals surface area contributed by atoms with Crippen LogP contribution in [0, 0.1) is 0 Å². The van der Waals surface area contributed by atoms with Crippen LogP contribution in [-0.4, -0.2) is 55.6 Å². The fourth-order valence-corrected chi connectivity index (χ4v) is 2.03. The number of carbonyl (C=O) groups excluding carboxylic acids is 1. The highest BCUT2D eigenvalue weighted by Crippen LogP contribution is 2.15. The summed E-state index contributed by atoms with van der Waals surface area (Å²) in [7, 11) is 2.92. The van der Waals surface area contributed by atoms with Crippen LogP contribution in [-0.2, 0) is 14.3 Å². The molecule has 3 N–H and O–H groups in total. The molecule has 0 saturated heterocycles.